The van der Waals surface area contributed by atoms with Crippen LogP contribution in [0.3, 0.4) is 0 Å². The van der Waals surface area contributed by atoms with E-state index in [1.807, 2.05) is 0 Å². The van der Waals surface area contributed by atoms with Gasteiger partial charge in [-0.1, -0.05) is 6.92 Å². The normalized spacial score (nSPS) is 55.1. The van der Waals surface area contributed by atoms with Crippen LogP contribution in [0.5, 0.6) is 0 Å². The van der Waals surface area contributed by atoms with Gasteiger partial charge in [0, 0.05) is 11.8 Å². The predicted octanol–water partition coefficient (Wildman–Crippen LogP) is 2.18. The van der Waals surface area contributed by atoms with Crippen LogP contribution in [0.15, 0.2) is 0 Å². The SMILES string of the molecule is C[C@]12CC[C@H]3[C@@H](CC[C@@]4(O)C[C@H](O)CC[C@]34CO)[C@@H]1CC[C@@H]2C(=O)O. The van der Waals surface area contributed by atoms with Crippen LogP contribution in [-0.2, 0) is 4.79 Å². The predicted molar refractivity (Wildman–Crippen MR) is 91.7 cm³/mol. The van der Waals surface area contributed by atoms with Gasteiger partial charge < -0.3 is 20.4 Å². The van der Waals surface area contributed by atoms with Gasteiger partial charge in [-0.3, -0.25) is 4.79 Å². The van der Waals surface area contributed by atoms with Gasteiger partial charge in [0.05, 0.1) is 24.2 Å². The van der Waals surface area contributed by atoms with Crippen molar-refractivity contribution in [3.05, 3.63) is 0 Å². The fourth-order valence-electron chi connectivity index (χ4n) is 7.76. The van der Waals surface area contributed by atoms with Crippen LogP contribution in [0.25, 0.3) is 0 Å². The quantitative estimate of drug-likeness (QED) is 0.611. The Morgan fingerprint density at radius 3 is 2.48 bits per heavy atom. The Morgan fingerprint density at radius 2 is 1.80 bits per heavy atom. The first-order valence-corrected chi connectivity index (χ1v) is 10.0. The van der Waals surface area contributed by atoms with Gasteiger partial charge in [-0.25, -0.2) is 0 Å². The molecule has 5 nitrogen and oxygen atoms in total. The molecule has 4 aliphatic carbocycles. The third-order valence-electron chi connectivity index (χ3n) is 9.04. The molecule has 0 aromatic heterocycles. The lowest BCUT2D eigenvalue weighted by atomic mass is 9.43. The zero-order chi connectivity index (χ0) is 18.0. The lowest BCUT2D eigenvalue weighted by Crippen LogP contribution is -2.65. The standard InChI is InChI=1S/C20H32O5/c1-18-7-6-15-13(14(18)2-3-16(18)17(23)24)5-9-20(25)10-12(22)4-8-19(15,20)11-21/h12-16,21-22,25H,2-11H2,1H3,(H,23,24)/t12-,13+,14+,15+,16-,18+,19+,20-/m1/s1. The Balaban J connectivity index is 1.68. The fraction of sp³-hybridized carbons (Fsp3) is 0.950. The van der Waals surface area contributed by atoms with E-state index >= 15 is 0 Å². The minimum absolute atomic E-state index is 0.0246. The second-order valence-electron chi connectivity index (χ2n) is 9.67. The molecule has 4 saturated carbocycles. The molecule has 0 spiro atoms. The highest BCUT2D eigenvalue weighted by Gasteiger charge is 2.66. The summed E-state index contributed by atoms with van der Waals surface area (Å²) < 4.78 is 0. The summed E-state index contributed by atoms with van der Waals surface area (Å²) >= 11 is 0. The number of fused-ring (bicyclic) bond motifs is 5. The molecule has 0 bridgehead atoms. The van der Waals surface area contributed by atoms with Crippen molar-refractivity contribution in [2.75, 3.05) is 6.61 Å². The second-order valence-corrected chi connectivity index (χ2v) is 9.67. The molecular formula is C20H32O5. The number of hydrogen-bond acceptors (Lipinski definition) is 4. The van der Waals surface area contributed by atoms with Crippen molar-refractivity contribution in [3.8, 4) is 0 Å². The molecule has 0 aromatic carbocycles. The van der Waals surface area contributed by atoms with E-state index in [4.69, 9.17) is 0 Å². The molecule has 0 heterocycles. The molecule has 4 aliphatic rings. The van der Waals surface area contributed by atoms with E-state index in [1.54, 1.807) is 0 Å². The molecule has 0 saturated heterocycles. The molecule has 4 rings (SSSR count). The monoisotopic (exact) mass is 352 g/mol. The Morgan fingerprint density at radius 1 is 1.04 bits per heavy atom. The molecule has 4 fully saturated rings. The van der Waals surface area contributed by atoms with Crippen LogP contribution in [0.2, 0.25) is 0 Å². The molecule has 0 unspecified atom stereocenters. The first kappa shape index (κ1) is 17.7. The van der Waals surface area contributed by atoms with Crippen LogP contribution < -0.4 is 0 Å². The zero-order valence-corrected chi connectivity index (χ0v) is 15.2. The summed E-state index contributed by atoms with van der Waals surface area (Å²) in [6.45, 7) is 2.14. The van der Waals surface area contributed by atoms with E-state index in [0.29, 0.717) is 37.5 Å². The number of carboxylic acid groups (broad SMARTS) is 1. The van der Waals surface area contributed by atoms with Crippen molar-refractivity contribution in [1.82, 2.24) is 0 Å². The third-order valence-corrected chi connectivity index (χ3v) is 9.04. The summed E-state index contributed by atoms with van der Waals surface area (Å²) in [7, 11) is 0. The van der Waals surface area contributed by atoms with Crippen LogP contribution >= 0.6 is 0 Å². The van der Waals surface area contributed by atoms with Crippen LogP contribution in [0, 0.1) is 34.5 Å². The minimum Gasteiger partial charge on any atom is -0.481 e. The van der Waals surface area contributed by atoms with Crippen molar-refractivity contribution in [3.63, 3.8) is 0 Å². The van der Waals surface area contributed by atoms with Crippen molar-refractivity contribution in [2.45, 2.75) is 76.4 Å². The van der Waals surface area contributed by atoms with Gasteiger partial charge in [-0.2, -0.15) is 0 Å². The third kappa shape index (κ3) is 2.21. The molecule has 8 atom stereocenters. The molecule has 5 heteroatoms. The number of aliphatic hydroxyl groups excluding tert-OH is 2. The number of aliphatic carboxylic acids is 1. The Hall–Kier alpha value is -0.650. The smallest absolute Gasteiger partial charge is 0.307 e. The first-order chi connectivity index (χ1) is 11.8. The van der Waals surface area contributed by atoms with Crippen LogP contribution in [0.4, 0.5) is 0 Å². The number of carboxylic acids is 1. The Labute approximate surface area is 149 Å². The lowest BCUT2D eigenvalue weighted by molar-refractivity contribution is -0.240. The van der Waals surface area contributed by atoms with Gasteiger partial charge in [0.1, 0.15) is 0 Å². The van der Waals surface area contributed by atoms with E-state index in [0.717, 1.165) is 32.1 Å². The molecule has 0 aliphatic heterocycles. The van der Waals surface area contributed by atoms with Gasteiger partial charge in [-0.05, 0) is 74.5 Å². The van der Waals surface area contributed by atoms with E-state index in [1.165, 1.54) is 0 Å². The number of aliphatic hydroxyl groups is 3. The average molecular weight is 352 g/mol. The number of rotatable bonds is 2. The van der Waals surface area contributed by atoms with Gasteiger partial charge in [0.2, 0.25) is 0 Å². The molecular weight excluding hydrogens is 320 g/mol. The van der Waals surface area contributed by atoms with E-state index in [2.05, 4.69) is 6.92 Å². The van der Waals surface area contributed by atoms with Crippen molar-refractivity contribution in [2.24, 2.45) is 34.5 Å². The molecule has 4 N–H and O–H groups in total. The highest BCUT2D eigenvalue weighted by Crippen LogP contribution is 2.68. The molecule has 25 heavy (non-hydrogen) atoms. The maximum atomic E-state index is 11.7. The summed E-state index contributed by atoms with van der Waals surface area (Å²) in [5, 5.41) is 41.5. The zero-order valence-electron chi connectivity index (χ0n) is 15.2. The maximum absolute atomic E-state index is 11.7. The summed E-state index contributed by atoms with van der Waals surface area (Å²) in [6, 6.07) is 0. The van der Waals surface area contributed by atoms with E-state index < -0.39 is 23.1 Å². The molecule has 142 valence electrons. The summed E-state index contributed by atoms with van der Waals surface area (Å²) in [6.07, 6.45) is 6.20. The van der Waals surface area contributed by atoms with Crippen molar-refractivity contribution < 1.29 is 25.2 Å². The number of carbonyl (C=O) groups is 1. The maximum Gasteiger partial charge on any atom is 0.307 e. The van der Waals surface area contributed by atoms with Gasteiger partial charge >= 0.3 is 5.97 Å². The fourth-order valence-corrected chi connectivity index (χ4v) is 7.76. The van der Waals surface area contributed by atoms with Gasteiger partial charge in [0.15, 0.2) is 0 Å². The Bertz CT molecular complexity index is 564. The summed E-state index contributed by atoms with van der Waals surface area (Å²) in [4.78, 5) is 11.7. The summed E-state index contributed by atoms with van der Waals surface area (Å²) in [5.74, 6) is 0.109. The largest absolute Gasteiger partial charge is 0.481 e. The van der Waals surface area contributed by atoms with Gasteiger partial charge in [0.25, 0.3) is 0 Å². The first-order valence-electron chi connectivity index (χ1n) is 10.0. The van der Waals surface area contributed by atoms with E-state index in [-0.39, 0.29) is 23.9 Å². The van der Waals surface area contributed by atoms with E-state index in [9.17, 15) is 25.2 Å². The highest BCUT2D eigenvalue weighted by atomic mass is 16.4. The Kier molecular flexibility index (Phi) is 4.03. The second kappa shape index (κ2) is 5.67. The van der Waals surface area contributed by atoms with Gasteiger partial charge in [-0.15, -0.1) is 0 Å². The lowest BCUT2D eigenvalue weighted by Gasteiger charge is -2.64. The van der Waals surface area contributed by atoms with Crippen molar-refractivity contribution >= 4 is 5.97 Å². The number of hydrogen-bond donors (Lipinski definition) is 4. The highest BCUT2D eigenvalue weighted by molar-refractivity contribution is 5.71. The average Bonchev–Trinajstić information content (AvgIpc) is 2.91. The summed E-state index contributed by atoms with van der Waals surface area (Å²) in [5.41, 5.74) is -1.63. The minimum atomic E-state index is -0.973. The van der Waals surface area contributed by atoms with Crippen LogP contribution in [-0.4, -0.2) is 44.7 Å². The molecule has 0 aromatic rings. The molecule has 0 amide bonds. The van der Waals surface area contributed by atoms with Crippen molar-refractivity contribution in [1.29, 1.82) is 0 Å². The van der Waals surface area contributed by atoms with Crippen LogP contribution in [0.1, 0.15) is 64.7 Å². The molecule has 0 radical (unpaired) electrons. The topological polar surface area (TPSA) is 98.0 Å².